The lowest BCUT2D eigenvalue weighted by Crippen LogP contribution is -2.32. The minimum atomic E-state index is -1.48. The number of hydrogen-bond donors (Lipinski definition) is 2. The first-order valence-corrected chi connectivity index (χ1v) is 2.81. The van der Waals surface area contributed by atoms with Crippen LogP contribution >= 0.6 is 0 Å². The predicted octanol–water partition coefficient (Wildman–Crippen LogP) is -1.06. The molecule has 0 aliphatic rings. The van der Waals surface area contributed by atoms with Crippen LogP contribution in [-0.2, 0) is 4.79 Å². The molecule has 1 amide bonds. The van der Waals surface area contributed by atoms with Gasteiger partial charge in [-0.1, -0.05) is 6.58 Å². The Morgan fingerprint density at radius 1 is 1.80 bits per heavy atom. The van der Waals surface area contributed by atoms with Crippen LogP contribution in [0.25, 0.3) is 0 Å². The van der Waals surface area contributed by atoms with E-state index in [1.165, 1.54) is 7.05 Å². The van der Waals surface area contributed by atoms with Crippen LogP contribution in [0, 0.1) is 0 Å². The van der Waals surface area contributed by atoms with Crippen LogP contribution in [0.2, 0.25) is 0 Å². The van der Waals surface area contributed by atoms with Gasteiger partial charge < -0.3 is 15.1 Å². The Hall–Kier alpha value is -0.870. The van der Waals surface area contributed by atoms with Gasteiger partial charge in [0.05, 0.1) is 6.54 Å². The number of aliphatic hydroxyl groups is 2. The van der Waals surface area contributed by atoms with E-state index in [9.17, 15) is 4.79 Å². The Balaban J connectivity index is 3.72. The molecule has 0 atom stereocenters. The van der Waals surface area contributed by atoms with Crippen molar-refractivity contribution in [3.05, 3.63) is 12.7 Å². The standard InChI is InChI=1S/C6H11NO3/c1-3-5(8)7(2)4-6(9)10/h3,6,9-10H,1,4H2,2H3. The van der Waals surface area contributed by atoms with Crippen LogP contribution in [0.4, 0.5) is 0 Å². The van der Waals surface area contributed by atoms with Gasteiger partial charge in [-0.25, -0.2) is 0 Å². The number of amides is 1. The fourth-order valence-electron chi connectivity index (χ4n) is 0.491. The molecule has 4 heteroatoms. The van der Waals surface area contributed by atoms with E-state index in [0.717, 1.165) is 11.0 Å². The maximum atomic E-state index is 10.6. The lowest BCUT2D eigenvalue weighted by Gasteiger charge is -2.15. The van der Waals surface area contributed by atoms with E-state index in [4.69, 9.17) is 10.2 Å². The van der Waals surface area contributed by atoms with Crippen molar-refractivity contribution in [3.8, 4) is 0 Å². The third-order valence-corrected chi connectivity index (χ3v) is 0.988. The van der Waals surface area contributed by atoms with Gasteiger partial charge in [0.1, 0.15) is 0 Å². The molecule has 4 nitrogen and oxygen atoms in total. The molecule has 0 aromatic heterocycles. The lowest BCUT2D eigenvalue weighted by molar-refractivity contribution is -0.130. The zero-order valence-electron chi connectivity index (χ0n) is 5.82. The summed E-state index contributed by atoms with van der Waals surface area (Å²) in [5.74, 6) is -0.326. The van der Waals surface area contributed by atoms with Gasteiger partial charge >= 0.3 is 0 Å². The summed E-state index contributed by atoms with van der Waals surface area (Å²) in [5.41, 5.74) is 0. The van der Waals surface area contributed by atoms with Gasteiger partial charge in [0.15, 0.2) is 6.29 Å². The number of hydrogen-bond acceptors (Lipinski definition) is 3. The molecule has 0 unspecified atom stereocenters. The molecule has 10 heavy (non-hydrogen) atoms. The molecule has 0 heterocycles. The molecule has 0 spiro atoms. The highest BCUT2D eigenvalue weighted by Crippen LogP contribution is 1.86. The summed E-state index contributed by atoms with van der Waals surface area (Å²) in [6.45, 7) is 3.14. The van der Waals surface area contributed by atoms with Gasteiger partial charge in [-0.05, 0) is 6.08 Å². The van der Waals surface area contributed by atoms with Crippen molar-refractivity contribution < 1.29 is 15.0 Å². The molecule has 0 aliphatic heterocycles. The largest absolute Gasteiger partial charge is 0.367 e. The average molecular weight is 145 g/mol. The van der Waals surface area contributed by atoms with Crippen molar-refractivity contribution in [2.75, 3.05) is 13.6 Å². The number of aliphatic hydroxyl groups excluding tert-OH is 1. The van der Waals surface area contributed by atoms with Crippen LogP contribution in [0.3, 0.4) is 0 Å². The first kappa shape index (κ1) is 9.13. The number of carbonyl (C=O) groups excluding carboxylic acids is 1. The number of likely N-dealkylation sites (N-methyl/N-ethyl adjacent to an activating group) is 1. The van der Waals surface area contributed by atoms with E-state index < -0.39 is 6.29 Å². The monoisotopic (exact) mass is 145 g/mol. The first-order valence-electron chi connectivity index (χ1n) is 2.81. The van der Waals surface area contributed by atoms with Crippen molar-refractivity contribution in [1.82, 2.24) is 4.90 Å². The van der Waals surface area contributed by atoms with Crippen molar-refractivity contribution in [2.45, 2.75) is 6.29 Å². The molecular formula is C6H11NO3. The fourth-order valence-corrected chi connectivity index (χ4v) is 0.491. The average Bonchev–Trinajstić information content (AvgIpc) is 1.85. The summed E-state index contributed by atoms with van der Waals surface area (Å²) >= 11 is 0. The second-order valence-corrected chi connectivity index (χ2v) is 1.90. The molecule has 0 fully saturated rings. The molecule has 0 bridgehead atoms. The van der Waals surface area contributed by atoms with Crippen molar-refractivity contribution in [2.24, 2.45) is 0 Å². The summed E-state index contributed by atoms with van der Waals surface area (Å²) in [6, 6.07) is 0. The molecule has 0 aromatic rings. The molecule has 0 saturated carbocycles. The predicted molar refractivity (Wildman–Crippen MR) is 36.1 cm³/mol. The van der Waals surface area contributed by atoms with Gasteiger partial charge in [0.2, 0.25) is 5.91 Å². The van der Waals surface area contributed by atoms with Crippen LogP contribution in [0.1, 0.15) is 0 Å². The lowest BCUT2D eigenvalue weighted by atomic mass is 10.5. The number of nitrogens with zero attached hydrogens (tertiary/aromatic N) is 1. The molecule has 58 valence electrons. The molecule has 0 rings (SSSR count). The van der Waals surface area contributed by atoms with Crippen LogP contribution in [-0.4, -0.2) is 40.9 Å². The van der Waals surface area contributed by atoms with E-state index in [1.807, 2.05) is 0 Å². The van der Waals surface area contributed by atoms with Gasteiger partial charge in [0.25, 0.3) is 0 Å². The van der Waals surface area contributed by atoms with E-state index in [2.05, 4.69) is 6.58 Å². The van der Waals surface area contributed by atoms with Crippen LogP contribution in [0.5, 0.6) is 0 Å². The van der Waals surface area contributed by atoms with E-state index in [1.54, 1.807) is 0 Å². The summed E-state index contributed by atoms with van der Waals surface area (Å²) in [6.07, 6.45) is -0.364. The quantitative estimate of drug-likeness (QED) is 0.393. The summed E-state index contributed by atoms with van der Waals surface area (Å²) in [5, 5.41) is 16.8. The minimum absolute atomic E-state index is 0.0924. The van der Waals surface area contributed by atoms with Crippen molar-refractivity contribution in [1.29, 1.82) is 0 Å². The maximum Gasteiger partial charge on any atom is 0.245 e. The van der Waals surface area contributed by atoms with Crippen LogP contribution < -0.4 is 0 Å². The van der Waals surface area contributed by atoms with E-state index in [0.29, 0.717) is 0 Å². The summed E-state index contributed by atoms with van der Waals surface area (Å²) in [7, 11) is 1.46. The highest BCUT2D eigenvalue weighted by molar-refractivity contribution is 5.86. The van der Waals surface area contributed by atoms with Crippen LogP contribution in [0.15, 0.2) is 12.7 Å². The van der Waals surface area contributed by atoms with Gasteiger partial charge in [0, 0.05) is 7.05 Å². The second kappa shape index (κ2) is 4.03. The highest BCUT2D eigenvalue weighted by atomic mass is 16.5. The Labute approximate surface area is 59.4 Å². The third kappa shape index (κ3) is 3.21. The number of carbonyl (C=O) groups is 1. The minimum Gasteiger partial charge on any atom is -0.367 e. The van der Waals surface area contributed by atoms with Crippen molar-refractivity contribution in [3.63, 3.8) is 0 Å². The summed E-state index contributed by atoms with van der Waals surface area (Å²) in [4.78, 5) is 11.8. The Morgan fingerprint density at radius 2 is 2.30 bits per heavy atom. The molecule has 0 aliphatic carbocycles. The third-order valence-electron chi connectivity index (χ3n) is 0.988. The molecular weight excluding hydrogens is 134 g/mol. The van der Waals surface area contributed by atoms with E-state index >= 15 is 0 Å². The van der Waals surface area contributed by atoms with Gasteiger partial charge in [-0.15, -0.1) is 0 Å². The van der Waals surface area contributed by atoms with Gasteiger partial charge in [-0.2, -0.15) is 0 Å². The number of rotatable bonds is 3. The molecule has 0 saturated heterocycles. The molecule has 0 aromatic carbocycles. The topological polar surface area (TPSA) is 60.8 Å². The Bertz CT molecular complexity index is 133. The van der Waals surface area contributed by atoms with Crippen molar-refractivity contribution >= 4 is 5.91 Å². The zero-order valence-corrected chi connectivity index (χ0v) is 5.82. The fraction of sp³-hybridized carbons (Fsp3) is 0.500. The normalized spacial score (nSPS) is 9.60. The molecule has 2 N–H and O–H groups in total. The zero-order chi connectivity index (χ0) is 8.15. The smallest absolute Gasteiger partial charge is 0.245 e. The maximum absolute atomic E-state index is 10.6. The molecule has 0 radical (unpaired) electrons. The highest BCUT2D eigenvalue weighted by Gasteiger charge is 2.06. The first-order chi connectivity index (χ1) is 4.57. The Morgan fingerprint density at radius 3 is 2.60 bits per heavy atom. The Kier molecular flexibility index (Phi) is 3.68. The summed E-state index contributed by atoms with van der Waals surface area (Å²) < 4.78 is 0. The van der Waals surface area contributed by atoms with E-state index in [-0.39, 0.29) is 12.5 Å². The SMILES string of the molecule is C=CC(=O)N(C)CC(O)O. The second-order valence-electron chi connectivity index (χ2n) is 1.90. The van der Waals surface area contributed by atoms with Gasteiger partial charge in [-0.3, -0.25) is 4.79 Å².